The normalized spacial score (nSPS) is 10.9. The van der Waals surface area contributed by atoms with Crippen LogP contribution in [-0.2, 0) is 13.1 Å². The van der Waals surface area contributed by atoms with Crippen molar-refractivity contribution >= 4 is 11.9 Å². The Kier molecular flexibility index (Phi) is 8.80. The Morgan fingerprint density at radius 2 is 1.67 bits per heavy atom. The first-order chi connectivity index (χ1) is 14.6. The fourth-order valence-corrected chi connectivity index (χ4v) is 2.89. The minimum atomic E-state index is -0.111. The van der Waals surface area contributed by atoms with Gasteiger partial charge in [-0.15, -0.1) is 0 Å². The van der Waals surface area contributed by atoms with Crippen LogP contribution in [0.25, 0.3) is 0 Å². The smallest absolute Gasteiger partial charge is 0.251 e. The average molecular weight is 415 g/mol. The van der Waals surface area contributed by atoms with Crippen LogP contribution in [0.4, 0.5) is 0 Å². The van der Waals surface area contributed by atoms with Crippen LogP contribution < -0.4 is 30.2 Å². The number of hydrogen-bond acceptors (Lipinski definition) is 5. The van der Waals surface area contributed by atoms with Gasteiger partial charge in [-0.3, -0.25) is 4.79 Å². The third kappa shape index (κ3) is 6.04. The van der Waals surface area contributed by atoms with Crippen LogP contribution in [0.5, 0.6) is 17.2 Å². The molecular weight excluding hydrogens is 384 g/mol. The molecule has 0 spiro atoms. The Balaban J connectivity index is 2.14. The first-order valence-electron chi connectivity index (χ1n) is 9.68. The molecule has 2 aromatic rings. The summed E-state index contributed by atoms with van der Waals surface area (Å²) >= 11 is 0. The van der Waals surface area contributed by atoms with Crippen molar-refractivity contribution in [3.8, 4) is 17.2 Å². The second-order valence-electron chi connectivity index (χ2n) is 6.36. The van der Waals surface area contributed by atoms with Gasteiger partial charge < -0.3 is 30.2 Å². The number of carbonyl (C=O) groups excluding carboxylic acids is 1. The summed E-state index contributed by atoms with van der Waals surface area (Å²) in [7, 11) is 6.36. The highest BCUT2D eigenvalue weighted by atomic mass is 16.5. The van der Waals surface area contributed by atoms with Gasteiger partial charge in [0.1, 0.15) is 0 Å². The summed E-state index contributed by atoms with van der Waals surface area (Å²) in [6.07, 6.45) is 0. The predicted molar refractivity (Wildman–Crippen MR) is 118 cm³/mol. The lowest BCUT2D eigenvalue weighted by Crippen LogP contribution is -2.36. The molecule has 8 nitrogen and oxygen atoms in total. The van der Waals surface area contributed by atoms with Gasteiger partial charge in [-0.2, -0.15) is 0 Å². The van der Waals surface area contributed by atoms with Crippen LogP contribution in [0.1, 0.15) is 28.4 Å². The van der Waals surface area contributed by atoms with Crippen molar-refractivity contribution < 1.29 is 19.0 Å². The van der Waals surface area contributed by atoms with E-state index in [9.17, 15) is 4.79 Å². The molecule has 8 heteroatoms. The topological polar surface area (TPSA) is 93.2 Å². The number of amides is 1. The predicted octanol–water partition coefficient (Wildman–Crippen LogP) is 2.33. The number of benzene rings is 2. The minimum absolute atomic E-state index is 0.111. The summed E-state index contributed by atoms with van der Waals surface area (Å²) in [4.78, 5) is 16.5. The molecule has 0 radical (unpaired) electrons. The molecule has 0 fully saturated rings. The van der Waals surface area contributed by atoms with Crippen LogP contribution in [-0.4, -0.2) is 46.8 Å². The fourth-order valence-electron chi connectivity index (χ4n) is 2.89. The lowest BCUT2D eigenvalue weighted by molar-refractivity contribution is 0.0963. The molecule has 162 valence electrons. The molecule has 0 aliphatic heterocycles. The second-order valence-corrected chi connectivity index (χ2v) is 6.36. The van der Waals surface area contributed by atoms with E-state index in [4.69, 9.17) is 14.2 Å². The van der Waals surface area contributed by atoms with Gasteiger partial charge in [-0.05, 0) is 42.3 Å². The SMILES string of the molecule is CCNC(=NCc1cc(OC)c(OC)c(OC)c1)NCc1cccc(C(=O)NC)c1. The molecule has 0 saturated carbocycles. The van der Waals surface area contributed by atoms with Crippen molar-refractivity contribution in [3.63, 3.8) is 0 Å². The van der Waals surface area contributed by atoms with Crippen molar-refractivity contribution in [3.05, 3.63) is 53.1 Å². The maximum Gasteiger partial charge on any atom is 0.251 e. The number of nitrogens with zero attached hydrogens (tertiary/aromatic N) is 1. The van der Waals surface area contributed by atoms with Crippen molar-refractivity contribution in [2.24, 2.45) is 4.99 Å². The van der Waals surface area contributed by atoms with Crippen molar-refractivity contribution in [2.75, 3.05) is 34.9 Å². The van der Waals surface area contributed by atoms with E-state index in [0.717, 1.165) is 17.7 Å². The Morgan fingerprint density at radius 3 is 2.23 bits per heavy atom. The van der Waals surface area contributed by atoms with Crippen LogP contribution in [0.3, 0.4) is 0 Å². The first kappa shape index (κ1) is 22.9. The van der Waals surface area contributed by atoms with E-state index in [-0.39, 0.29) is 5.91 Å². The zero-order valence-corrected chi connectivity index (χ0v) is 18.2. The summed E-state index contributed by atoms with van der Waals surface area (Å²) < 4.78 is 16.2. The number of hydrogen-bond donors (Lipinski definition) is 3. The van der Waals surface area contributed by atoms with Gasteiger partial charge in [0.15, 0.2) is 17.5 Å². The molecule has 2 rings (SSSR count). The molecule has 0 bridgehead atoms. The number of guanidine groups is 1. The van der Waals surface area contributed by atoms with Gasteiger partial charge in [0.25, 0.3) is 5.91 Å². The summed E-state index contributed by atoms with van der Waals surface area (Å²) in [6, 6.07) is 11.2. The van der Waals surface area contributed by atoms with Crippen LogP contribution >= 0.6 is 0 Å². The van der Waals surface area contributed by atoms with Gasteiger partial charge >= 0.3 is 0 Å². The van der Waals surface area contributed by atoms with Crippen molar-refractivity contribution in [1.82, 2.24) is 16.0 Å². The van der Waals surface area contributed by atoms with Gasteiger partial charge in [-0.25, -0.2) is 4.99 Å². The highest BCUT2D eigenvalue weighted by Gasteiger charge is 2.13. The highest BCUT2D eigenvalue weighted by molar-refractivity contribution is 5.94. The average Bonchev–Trinajstić information content (AvgIpc) is 2.79. The zero-order chi connectivity index (χ0) is 21.9. The third-order valence-corrected chi connectivity index (χ3v) is 4.36. The molecule has 3 N–H and O–H groups in total. The Labute approximate surface area is 177 Å². The lowest BCUT2D eigenvalue weighted by atomic mass is 10.1. The van der Waals surface area contributed by atoms with E-state index in [1.807, 2.05) is 37.3 Å². The number of nitrogens with one attached hydrogen (secondary N) is 3. The van der Waals surface area contributed by atoms with E-state index >= 15 is 0 Å². The van der Waals surface area contributed by atoms with Crippen LogP contribution in [0.15, 0.2) is 41.4 Å². The Bertz CT molecular complexity index is 858. The van der Waals surface area contributed by atoms with Gasteiger partial charge in [0.05, 0.1) is 27.9 Å². The molecule has 0 unspecified atom stereocenters. The van der Waals surface area contributed by atoms with E-state index < -0.39 is 0 Å². The molecule has 0 heterocycles. The fraction of sp³-hybridized carbons (Fsp3) is 0.364. The van der Waals surface area contributed by atoms with E-state index in [1.54, 1.807) is 34.4 Å². The minimum Gasteiger partial charge on any atom is -0.493 e. The van der Waals surface area contributed by atoms with Crippen molar-refractivity contribution in [1.29, 1.82) is 0 Å². The number of carbonyl (C=O) groups is 1. The van der Waals surface area contributed by atoms with E-state index in [0.29, 0.717) is 41.9 Å². The van der Waals surface area contributed by atoms with Crippen LogP contribution in [0, 0.1) is 0 Å². The van der Waals surface area contributed by atoms with Crippen LogP contribution in [0.2, 0.25) is 0 Å². The maximum atomic E-state index is 11.8. The molecule has 0 saturated heterocycles. The molecule has 0 atom stereocenters. The largest absolute Gasteiger partial charge is 0.493 e. The third-order valence-electron chi connectivity index (χ3n) is 4.36. The number of aliphatic imine (C=N–C) groups is 1. The summed E-state index contributed by atoms with van der Waals surface area (Å²) in [6.45, 7) is 3.68. The molecule has 30 heavy (non-hydrogen) atoms. The quantitative estimate of drug-likeness (QED) is 0.431. The molecule has 0 aliphatic carbocycles. The molecule has 2 aromatic carbocycles. The Morgan fingerprint density at radius 1 is 0.967 bits per heavy atom. The highest BCUT2D eigenvalue weighted by Crippen LogP contribution is 2.38. The first-order valence-corrected chi connectivity index (χ1v) is 9.68. The van der Waals surface area contributed by atoms with Gasteiger partial charge in [-0.1, -0.05) is 12.1 Å². The van der Waals surface area contributed by atoms with Gasteiger partial charge in [0, 0.05) is 25.7 Å². The molecule has 1 amide bonds. The lowest BCUT2D eigenvalue weighted by Gasteiger charge is -2.14. The summed E-state index contributed by atoms with van der Waals surface area (Å²) in [5.41, 5.74) is 2.52. The number of rotatable bonds is 9. The summed E-state index contributed by atoms with van der Waals surface area (Å²) in [5, 5.41) is 9.15. The number of ether oxygens (including phenoxy) is 3. The standard InChI is InChI=1S/C22H30N4O4/c1-6-24-22(25-13-15-8-7-9-17(10-15)21(27)23-2)26-14-16-11-18(28-3)20(30-5)19(12-16)29-4/h7-12H,6,13-14H2,1-5H3,(H,23,27)(H2,24,25,26). The zero-order valence-electron chi connectivity index (χ0n) is 18.2. The summed E-state index contributed by atoms with van der Waals surface area (Å²) in [5.74, 6) is 2.28. The second kappa shape index (κ2) is 11.5. The molecule has 0 aliphatic rings. The van der Waals surface area contributed by atoms with E-state index in [1.165, 1.54) is 0 Å². The maximum absolute atomic E-state index is 11.8. The molecule has 0 aromatic heterocycles. The van der Waals surface area contributed by atoms with E-state index in [2.05, 4.69) is 20.9 Å². The monoisotopic (exact) mass is 414 g/mol. The number of methoxy groups -OCH3 is 3. The Hall–Kier alpha value is -3.42. The van der Waals surface area contributed by atoms with Crippen molar-refractivity contribution in [2.45, 2.75) is 20.0 Å². The van der Waals surface area contributed by atoms with Gasteiger partial charge in [0.2, 0.25) is 5.75 Å². The molecular formula is C22H30N4O4.